The molecule has 34 heavy (non-hydrogen) atoms. The van der Waals surface area contributed by atoms with Crippen molar-refractivity contribution in [3.8, 4) is 22.6 Å². The zero-order chi connectivity index (χ0) is 23.7. The SMILES string of the molecule is Cc1c(Cc2ccc3c(c2)OCO3)sc(NC(=O)c2ccc(-c3ccccc3)cc2)c1C(N)=O. The molecule has 0 unspecified atom stereocenters. The molecule has 3 aromatic carbocycles. The van der Waals surface area contributed by atoms with Crippen LogP contribution in [0.25, 0.3) is 11.1 Å². The molecule has 0 radical (unpaired) electrons. The van der Waals surface area contributed by atoms with Crippen molar-refractivity contribution in [1.82, 2.24) is 0 Å². The molecular formula is C27H22N2O4S. The van der Waals surface area contributed by atoms with Crippen LogP contribution in [0.4, 0.5) is 5.00 Å². The summed E-state index contributed by atoms with van der Waals surface area (Å²) < 4.78 is 10.8. The number of rotatable bonds is 6. The van der Waals surface area contributed by atoms with Crippen molar-refractivity contribution in [2.45, 2.75) is 13.3 Å². The molecule has 1 aromatic heterocycles. The van der Waals surface area contributed by atoms with Crippen LogP contribution < -0.4 is 20.5 Å². The highest BCUT2D eigenvalue weighted by molar-refractivity contribution is 7.17. The summed E-state index contributed by atoms with van der Waals surface area (Å²) in [5, 5.41) is 3.35. The number of amides is 2. The zero-order valence-corrected chi connectivity index (χ0v) is 19.3. The number of thiophene rings is 1. The first-order valence-electron chi connectivity index (χ1n) is 10.8. The van der Waals surface area contributed by atoms with Crippen molar-refractivity contribution in [2.75, 3.05) is 12.1 Å². The lowest BCUT2D eigenvalue weighted by molar-refractivity contribution is 0.100. The Hall–Kier alpha value is -4.10. The van der Waals surface area contributed by atoms with E-state index in [-0.39, 0.29) is 12.7 Å². The number of ether oxygens (including phenoxy) is 2. The summed E-state index contributed by atoms with van der Waals surface area (Å²) >= 11 is 1.36. The van der Waals surface area contributed by atoms with Gasteiger partial charge in [0, 0.05) is 16.9 Å². The molecule has 0 saturated carbocycles. The number of primary amides is 1. The molecular weight excluding hydrogens is 448 g/mol. The summed E-state index contributed by atoms with van der Waals surface area (Å²) in [4.78, 5) is 26.1. The Balaban J connectivity index is 1.38. The zero-order valence-electron chi connectivity index (χ0n) is 18.5. The normalized spacial score (nSPS) is 11.9. The number of carbonyl (C=O) groups excluding carboxylic acids is 2. The van der Waals surface area contributed by atoms with Crippen LogP contribution in [-0.2, 0) is 6.42 Å². The minimum atomic E-state index is -0.569. The molecule has 0 spiro atoms. The van der Waals surface area contributed by atoms with Crippen molar-refractivity contribution >= 4 is 28.2 Å². The molecule has 0 fully saturated rings. The number of nitrogens with one attached hydrogen (secondary N) is 1. The Morgan fingerprint density at radius 1 is 0.941 bits per heavy atom. The van der Waals surface area contributed by atoms with E-state index >= 15 is 0 Å². The van der Waals surface area contributed by atoms with Crippen molar-refractivity contribution in [2.24, 2.45) is 5.73 Å². The molecule has 4 aromatic rings. The fourth-order valence-corrected chi connectivity index (χ4v) is 5.21. The van der Waals surface area contributed by atoms with Crippen LogP contribution >= 0.6 is 11.3 Å². The Kier molecular flexibility index (Phi) is 5.77. The van der Waals surface area contributed by atoms with Crippen LogP contribution in [0.2, 0.25) is 0 Å². The van der Waals surface area contributed by atoms with Crippen molar-refractivity contribution in [1.29, 1.82) is 0 Å². The number of hydrogen-bond donors (Lipinski definition) is 2. The summed E-state index contributed by atoms with van der Waals surface area (Å²) in [5.74, 6) is 0.559. The van der Waals surface area contributed by atoms with Gasteiger partial charge in [-0.05, 0) is 53.4 Å². The second kappa shape index (κ2) is 9.03. The van der Waals surface area contributed by atoms with Crippen LogP contribution in [0.1, 0.15) is 36.7 Å². The van der Waals surface area contributed by atoms with Gasteiger partial charge in [-0.25, -0.2) is 0 Å². The number of benzene rings is 3. The molecule has 1 aliphatic heterocycles. The van der Waals surface area contributed by atoms with Gasteiger partial charge < -0.3 is 20.5 Å². The Morgan fingerprint density at radius 3 is 2.38 bits per heavy atom. The molecule has 7 heteroatoms. The quantitative estimate of drug-likeness (QED) is 0.395. The summed E-state index contributed by atoms with van der Waals surface area (Å²) in [6, 6.07) is 23.1. The van der Waals surface area contributed by atoms with Gasteiger partial charge in [-0.15, -0.1) is 11.3 Å². The van der Waals surface area contributed by atoms with E-state index in [0.717, 1.165) is 32.9 Å². The monoisotopic (exact) mass is 470 g/mol. The van der Waals surface area contributed by atoms with Gasteiger partial charge in [0.2, 0.25) is 6.79 Å². The van der Waals surface area contributed by atoms with Crippen LogP contribution in [-0.4, -0.2) is 18.6 Å². The van der Waals surface area contributed by atoms with Crippen LogP contribution in [0, 0.1) is 6.92 Å². The van der Waals surface area contributed by atoms with Gasteiger partial charge in [-0.1, -0.05) is 48.5 Å². The molecule has 0 bridgehead atoms. The topological polar surface area (TPSA) is 90.7 Å². The minimum absolute atomic E-state index is 0.213. The van der Waals surface area contributed by atoms with Gasteiger partial charge in [0.1, 0.15) is 5.00 Å². The minimum Gasteiger partial charge on any atom is -0.454 e. The Labute approximate surface area is 201 Å². The smallest absolute Gasteiger partial charge is 0.256 e. The fourth-order valence-electron chi connectivity index (χ4n) is 3.97. The third kappa shape index (κ3) is 4.25. The van der Waals surface area contributed by atoms with Crippen molar-refractivity contribution in [3.63, 3.8) is 0 Å². The average molecular weight is 471 g/mol. The molecule has 2 heterocycles. The number of carbonyl (C=O) groups is 2. The molecule has 2 amide bonds. The molecule has 5 rings (SSSR count). The fraction of sp³-hybridized carbons (Fsp3) is 0.111. The van der Waals surface area contributed by atoms with Gasteiger partial charge in [0.05, 0.1) is 5.56 Å². The van der Waals surface area contributed by atoms with Gasteiger partial charge >= 0.3 is 0 Å². The van der Waals surface area contributed by atoms with E-state index in [0.29, 0.717) is 28.3 Å². The second-order valence-corrected chi connectivity index (χ2v) is 9.09. The van der Waals surface area contributed by atoms with Gasteiger partial charge in [0.25, 0.3) is 11.8 Å². The largest absolute Gasteiger partial charge is 0.454 e. The summed E-state index contributed by atoms with van der Waals surface area (Å²) in [6.07, 6.45) is 0.578. The summed E-state index contributed by atoms with van der Waals surface area (Å²) in [5.41, 5.74) is 10.4. The number of hydrogen-bond acceptors (Lipinski definition) is 5. The average Bonchev–Trinajstić information content (AvgIpc) is 3.43. The summed E-state index contributed by atoms with van der Waals surface area (Å²) in [6.45, 7) is 2.06. The molecule has 170 valence electrons. The standard InChI is InChI=1S/C27H22N2O4S/c1-16-23(14-17-7-12-21-22(13-17)33-15-32-21)34-27(24(16)25(28)30)29-26(31)20-10-8-19(9-11-20)18-5-3-2-4-6-18/h2-13H,14-15H2,1H3,(H2,28,30)(H,29,31). The van der Waals surface area contributed by atoms with Crippen LogP contribution in [0.5, 0.6) is 11.5 Å². The first-order chi connectivity index (χ1) is 16.5. The molecule has 6 nitrogen and oxygen atoms in total. The van der Waals surface area contributed by atoms with E-state index in [1.54, 1.807) is 12.1 Å². The van der Waals surface area contributed by atoms with Crippen molar-refractivity contribution < 1.29 is 19.1 Å². The van der Waals surface area contributed by atoms with E-state index in [1.165, 1.54) is 11.3 Å². The second-order valence-electron chi connectivity index (χ2n) is 7.98. The lowest BCUT2D eigenvalue weighted by atomic mass is 10.0. The highest BCUT2D eigenvalue weighted by atomic mass is 32.1. The maximum Gasteiger partial charge on any atom is 0.256 e. The molecule has 0 atom stereocenters. The number of fused-ring (bicyclic) bond motifs is 1. The Morgan fingerprint density at radius 2 is 1.65 bits per heavy atom. The lowest BCUT2D eigenvalue weighted by Gasteiger charge is -2.07. The molecule has 0 aliphatic carbocycles. The van der Waals surface area contributed by atoms with Crippen LogP contribution in [0.15, 0.2) is 72.8 Å². The highest BCUT2D eigenvalue weighted by Gasteiger charge is 2.22. The highest BCUT2D eigenvalue weighted by Crippen LogP contribution is 2.37. The van der Waals surface area contributed by atoms with E-state index in [9.17, 15) is 9.59 Å². The lowest BCUT2D eigenvalue weighted by Crippen LogP contribution is -2.17. The van der Waals surface area contributed by atoms with E-state index in [1.807, 2.05) is 67.6 Å². The van der Waals surface area contributed by atoms with Gasteiger partial charge in [0.15, 0.2) is 11.5 Å². The molecule has 3 N–H and O–H groups in total. The predicted molar refractivity (Wildman–Crippen MR) is 133 cm³/mol. The van der Waals surface area contributed by atoms with E-state index in [4.69, 9.17) is 15.2 Å². The first kappa shape index (κ1) is 21.7. The number of nitrogens with two attached hydrogens (primary N) is 1. The maximum absolute atomic E-state index is 13.0. The third-order valence-corrected chi connectivity index (χ3v) is 6.98. The van der Waals surface area contributed by atoms with Gasteiger partial charge in [-0.3, -0.25) is 9.59 Å². The van der Waals surface area contributed by atoms with E-state index < -0.39 is 5.91 Å². The Bertz CT molecular complexity index is 1380. The van der Waals surface area contributed by atoms with Crippen LogP contribution in [0.3, 0.4) is 0 Å². The first-order valence-corrected chi connectivity index (χ1v) is 11.6. The number of anilines is 1. The summed E-state index contributed by atoms with van der Waals surface area (Å²) in [7, 11) is 0. The molecule has 1 aliphatic rings. The molecule has 0 saturated heterocycles. The maximum atomic E-state index is 13.0. The third-order valence-electron chi connectivity index (χ3n) is 5.77. The van der Waals surface area contributed by atoms with Crippen molar-refractivity contribution in [3.05, 3.63) is 99.9 Å². The van der Waals surface area contributed by atoms with Gasteiger partial charge in [-0.2, -0.15) is 0 Å². The predicted octanol–water partition coefficient (Wildman–Crippen LogP) is 5.39. The van der Waals surface area contributed by atoms with E-state index in [2.05, 4.69) is 5.32 Å².